The number of carbonyl (C=O) groups excluding carboxylic acids is 1. The topological polar surface area (TPSA) is 61.4 Å². The molecule has 22 heavy (non-hydrogen) atoms. The van der Waals surface area contributed by atoms with Crippen molar-refractivity contribution in [2.24, 2.45) is 0 Å². The number of hydrogen-bond donors (Lipinski definition) is 1. The molecule has 1 saturated heterocycles. The molecule has 0 aromatic carbocycles. The van der Waals surface area contributed by atoms with Crippen LogP contribution in [0.25, 0.3) is 0 Å². The summed E-state index contributed by atoms with van der Waals surface area (Å²) in [5.74, 6) is 1.81. The van der Waals surface area contributed by atoms with Gasteiger partial charge in [0.05, 0.1) is 0 Å². The smallest absolute Gasteiger partial charge is 0.224 e. The summed E-state index contributed by atoms with van der Waals surface area (Å²) in [6, 6.07) is 2.01. The van der Waals surface area contributed by atoms with Crippen molar-refractivity contribution in [3.05, 3.63) is 11.8 Å². The zero-order valence-corrected chi connectivity index (χ0v) is 13.9. The molecular formula is C16H27N5O. The van der Waals surface area contributed by atoms with E-state index in [9.17, 15) is 4.79 Å². The Hall–Kier alpha value is -1.85. The maximum atomic E-state index is 11.4. The van der Waals surface area contributed by atoms with Crippen LogP contribution < -0.4 is 10.2 Å². The minimum atomic E-state index is 0.150. The quantitative estimate of drug-likeness (QED) is 0.815. The Balaban J connectivity index is 1.96. The molecule has 0 radical (unpaired) electrons. The second-order valence-electron chi connectivity index (χ2n) is 5.82. The number of aromatic nitrogens is 2. The lowest BCUT2D eigenvalue weighted by Crippen LogP contribution is -2.48. The lowest BCUT2D eigenvalue weighted by atomic mass is 10.2. The SMILES string of the molecule is CCCCCNc1nc(C)cc(N2CCN(C(C)=O)CC2)n1. The predicted molar refractivity (Wildman–Crippen MR) is 89.3 cm³/mol. The van der Waals surface area contributed by atoms with Crippen LogP contribution in [0.3, 0.4) is 0 Å². The van der Waals surface area contributed by atoms with Crippen molar-refractivity contribution in [1.29, 1.82) is 0 Å². The molecule has 6 nitrogen and oxygen atoms in total. The van der Waals surface area contributed by atoms with E-state index in [2.05, 4.69) is 27.1 Å². The lowest BCUT2D eigenvalue weighted by molar-refractivity contribution is -0.129. The molecular weight excluding hydrogens is 278 g/mol. The van der Waals surface area contributed by atoms with Gasteiger partial charge in [0.25, 0.3) is 0 Å². The number of anilines is 2. The third-order valence-corrected chi connectivity index (χ3v) is 3.95. The van der Waals surface area contributed by atoms with Crippen molar-refractivity contribution in [2.45, 2.75) is 40.0 Å². The highest BCUT2D eigenvalue weighted by atomic mass is 16.2. The van der Waals surface area contributed by atoms with Crippen LogP contribution in [0, 0.1) is 6.92 Å². The van der Waals surface area contributed by atoms with E-state index in [1.807, 2.05) is 17.9 Å². The Morgan fingerprint density at radius 2 is 1.95 bits per heavy atom. The first-order valence-corrected chi connectivity index (χ1v) is 8.20. The predicted octanol–water partition coefficient (Wildman–Crippen LogP) is 2.06. The fraction of sp³-hybridized carbons (Fsp3) is 0.688. The van der Waals surface area contributed by atoms with Gasteiger partial charge in [-0.3, -0.25) is 4.79 Å². The van der Waals surface area contributed by atoms with Crippen molar-refractivity contribution in [1.82, 2.24) is 14.9 Å². The van der Waals surface area contributed by atoms with E-state index in [0.29, 0.717) is 5.95 Å². The summed E-state index contributed by atoms with van der Waals surface area (Å²) >= 11 is 0. The standard InChI is InChI=1S/C16H27N5O/c1-4-5-6-7-17-16-18-13(2)12-15(19-16)21-10-8-20(9-11-21)14(3)22/h12H,4-11H2,1-3H3,(H,17,18,19). The summed E-state index contributed by atoms with van der Waals surface area (Å²) < 4.78 is 0. The van der Waals surface area contributed by atoms with Gasteiger partial charge in [0.2, 0.25) is 11.9 Å². The van der Waals surface area contributed by atoms with Gasteiger partial charge in [0.1, 0.15) is 5.82 Å². The summed E-state index contributed by atoms with van der Waals surface area (Å²) in [7, 11) is 0. The number of aryl methyl sites for hydroxylation is 1. The van der Waals surface area contributed by atoms with Crippen molar-refractivity contribution in [3.63, 3.8) is 0 Å². The number of unbranched alkanes of at least 4 members (excludes halogenated alkanes) is 2. The minimum Gasteiger partial charge on any atom is -0.354 e. The molecule has 0 spiro atoms. The Bertz CT molecular complexity index is 497. The average molecular weight is 305 g/mol. The third kappa shape index (κ3) is 4.58. The van der Waals surface area contributed by atoms with Crippen molar-refractivity contribution in [2.75, 3.05) is 42.9 Å². The Morgan fingerprint density at radius 1 is 1.23 bits per heavy atom. The second-order valence-corrected chi connectivity index (χ2v) is 5.82. The van der Waals surface area contributed by atoms with Crippen LogP contribution in [0.15, 0.2) is 6.07 Å². The van der Waals surface area contributed by atoms with E-state index < -0.39 is 0 Å². The van der Waals surface area contributed by atoms with Crippen LogP contribution in [-0.2, 0) is 4.79 Å². The Labute approximate surface area is 132 Å². The van der Waals surface area contributed by atoms with Gasteiger partial charge in [-0.25, -0.2) is 4.98 Å². The van der Waals surface area contributed by atoms with Crippen LogP contribution in [-0.4, -0.2) is 53.5 Å². The summed E-state index contributed by atoms with van der Waals surface area (Å²) in [6.07, 6.45) is 3.57. The molecule has 1 fully saturated rings. The van der Waals surface area contributed by atoms with Crippen LogP contribution in [0.1, 0.15) is 38.8 Å². The van der Waals surface area contributed by atoms with Gasteiger partial charge in [-0.2, -0.15) is 4.98 Å². The molecule has 0 atom stereocenters. The fourth-order valence-corrected chi connectivity index (χ4v) is 2.62. The van der Waals surface area contributed by atoms with Gasteiger partial charge in [0.15, 0.2) is 0 Å². The zero-order valence-electron chi connectivity index (χ0n) is 13.9. The van der Waals surface area contributed by atoms with Crippen LogP contribution in [0.2, 0.25) is 0 Å². The first-order chi connectivity index (χ1) is 10.6. The molecule has 0 saturated carbocycles. The highest BCUT2D eigenvalue weighted by molar-refractivity contribution is 5.73. The van der Waals surface area contributed by atoms with E-state index in [-0.39, 0.29) is 5.91 Å². The largest absolute Gasteiger partial charge is 0.354 e. The maximum Gasteiger partial charge on any atom is 0.224 e. The Kier molecular flexibility index (Phi) is 5.98. The number of rotatable bonds is 6. The molecule has 1 aromatic rings. The molecule has 1 N–H and O–H groups in total. The van der Waals surface area contributed by atoms with Crippen molar-refractivity contribution < 1.29 is 4.79 Å². The number of hydrogen-bond acceptors (Lipinski definition) is 5. The van der Waals surface area contributed by atoms with E-state index in [1.165, 1.54) is 12.8 Å². The first-order valence-electron chi connectivity index (χ1n) is 8.20. The molecule has 0 unspecified atom stereocenters. The van der Waals surface area contributed by atoms with Crippen LogP contribution in [0.4, 0.5) is 11.8 Å². The first kappa shape index (κ1) is 16.5. The van der Waals surface area contributed by atoms with E-state index in [1.54, 1.807) is 6.92 Å². The van der Waals surface area contributed by atoms with Gasteiger partial charge in [-0.1, -0.05) is 19.8 Å². The number of nitrogens with one attached hydrogen (secondary N) is 1. The maximum absolute atomic E-state index is 11.4. The molecule has 1 aliphatic heterocycles. The molecule has 1 amide bonds. The van der Waals surface area contributed by atoms with Crippen LogP contribution >= 0.6 is 0 Å². The number of amides is 1. The summed E-state index contributed by atoms with van der Waals surface area (Å²) in [5.41, 5.74) is 0.969. The van der Waals surface area contributed by atoms with Gasteiger partial charge < -0.3 is 15.1 Å². The third-order valence-electron chi connectivity index (χ3n) is 3.95. The molecule has 1 aliphatic rings. The highest BCUT2D eigenvalue weighted by Crippen LogP contribution is 2.17. The van der Waals surface area contributed by atoms with E-state index >= 15 is 0 Å². The Morgan fingerprint density at radius 3 is 2.59 bits per heavy atom. The number of carbonyl (C=O) groups is 1. The second kappa shape index (κ2) is 7.96. The number of nitrogens with zero attached hydrogens (tertiary/aromatic N) is 4. The molecule has 2 heterocycles. The van der Waals surface area contributed by atoms with Gasteiger partial charge >= 0.3 is 0 Å². The molecule has 122 valence electrons. The molecule has 0 bridgehead atoms. The summed E-state index contributed by atoms with van der Waals surface area (Å²) in [5, 5.41) is 3.31. The minimum absolute atomic E-state index is 0.150. The molecule has 6 heteroatoms. The zero-order chi connectivity index (χ0) is 15.9. The lowest BCUT2D eigenvalue weighted by Gasteiger charge is -2.35. The highest BCUT2D eigenvalue weighted by Gasteiger charge is 2.20. The fourth-order valence-electron chi connectivity index (χ4n) is 2.62. The van der Waals surface area contributed by atoms with Crippen molar-refractivity contribution in [3.8, 4) is 0 Å². The molecule has 1 aromatic heterocycles. The van der Waals surface area contributed by atoms with E-state index in [4.69, 9.17) is 0 Å². The van der Waals surface area contributed by atoms with Gasteiger partial charge in [-0.05, 0) is 13.3 Å². The van der Waals surface area contributed by atoms with Crippen molar-refractivity contribution >= 4 is 17.7 Å². The number of piperazine rings is 1. The van der Waals surface area contributed by atoms with Crippen LogP contribution in [0.5, 0.6) is 0 Å². The average Bonchev–Trinajstić information content (AvgIpc) is 2.51. The van der Waals surface area contributed by atoms with Gasteiger partial charge in [-0.15, -0.1) is 0 Å². The molecule has 2 rings (SSSR count). The summed E-state index contributed by atoms with van der Waals surface area (Å²) in [6.45, 7) is 9.90. The van der Waals surface area contributed by atoms with Gasteiger partial charge in [0, 0.05) is 51.4 Å². The normalized spacial score (nSPS) is 15.0. The summed E-state index contributed by atoms with van der Waals surface area (Å²) in [4.78, 5) is 24.6. The molecule has 0 aliphatic carbocycles. The monoisotopic (exact) mass is 305 g/mol. The van der Waals surface area contributed by atoms with E-state index in [0.717, 1.165) is 50.7 Å².